The van der Waals surface area contributed by atoms with Crippen LogP contribution in [0.3, 0.4) is 0 Å². The summed E-state index contributed by atoms with van der Waals surface area (Å²) in [5, 5.41) is 3.04. The molecule has 0 fully saturated rings. The van der Waals surface area contributed by atoms with Gasteiger partial charge in [0.1, 0.15) is 0 Å². The van der Waals surface area contributed by atoms with E-state index < -0.39 is 0 Å². The van der Waals surface area contributed by atoms with E-state index in [-0.39, 0.29) is 11.6 Å². The van der Waals surface area contributed by atoms with E-state index in [1.165, 1.54) is 0 Å². The maximum absolute atomic E-state index is 11.5. The van der Waals surface area contributed by atoms with Gasteiger partial charge in [-0.15, -0.1) is 0 Å². The summed E-state index contributed by atoms with van der Waals surface area (Å²) in [6, 6.07) is 3.85. The van der Waals surface area contributed by atoms with Gasteiger partial charge in [-0.2, -0.15) is 0 Å². The van der Waals surface area contributed by atoms with E-state index >= 15 is 0 Å². The summed E-state index contributed by atoms with van der Waals surface area (Å²) in [6.45, 7) is 1.97. The Morgan fingerprint density at radius 2 is 2.25 bits per heavy atom. The summed E-state index contributed by atoms with van der Waals surface area (Å²) in [5.74, 6) is 0. The van der Waals surface area contributed by atoms with Gasteiger partial charge in [0.2, 0.25) is 0 Å². The van der Waals surface area contributed by atoms with E-state index in [4.69, 9.17) is 0 Å². The van der Waals surface area contributed by atoms with Gasteiger partial charge in [0, 0.05) is 24.8 Å². The molecule has 1 rings (SSSR count). The number of hydrogen-bond acceptors (Lipinski definition) is 2. The predicted molar refractivity (Wildman–Crippen MR) is 49.2 cm³/mol. The number of rotatable bonds is 2. The van der Waals surface area contributed by atoms with Crippen LogP contribution in [-0.4, -0.2) is 11.6 Å². The minimum Gasteiger partial charge on any atom is -0.318 e. The summed E-state index contributed by atoms with van der Waals surface area (Å²) in [6.07, 6.45) is 1.76. The molecule has 0 amide bonds. The van der Waals surface area contributed by atoms with Gasteiger partial charge in [0.15, 0.2) is 0 Å². The molecule has 0 aliphatic carbocycles. The van der Waals surface area contributed by atoms with Gasteiger partial charge in [-0.05, 0) is 20.0 Å². The van der Waals surface area contributed by atoms with Gasteiger partial charge in [0.25, 0.3) is 5.56 Å². The van der Waals surface area contributed by atoms with Crippen molar-refractivity contribution in [3.05, 3.63) is 34.2 Å². The number of aryl methyl sites for hydroxylation is 1. The van der Waals surface area contributed by atoms with Crippen molar-refractivity contribution in [1.29, 1.82) is 0 Å². The molecule has 0 bridgehead atoms. The first-order valence-corrected chi connectivity index (χ1v) is 3.99. The predicted octanol–water partition coefficient (Wildman–Crippen LogP) is 0.666. The molecule has 12 heavy (non-hydrogen) atoms. The van der Waals surface area contributed by atoms with Crippen LogP contribution in [0, 0.1) is 0 Å². The second-order valence-corrected chi connectivity index (χ2v) is 2.89. The Morgan fingerprint density at radius 3 is 2.83 bits per heavy atom. The zero-order valence-electron chi connectivity index (χ0n) is 7.66. The van der Waals surface area contributed by atoms with Crippen molar-refractivity contribution in [3.63, 3.8) is 0 Å². The molecular formula is C9H14N2O. The highest BCUT2D eigenvalue weighted by Gasteiger charge is 2.06. The van der Waals surface area contributed by atoms with Gasteiger partial charge in [-0.3, -0.25) is 4.79 Å². The molecule has 0 aromatic carbocycles. The number of hydrogen-bond donors (Lipinski definition) is 1. The van der Waals surface area contributed by atoms with Crippen LogP contribution in [0.2, 0.25) is 0 Å². The van der Waals surface area contributed by atoms with Crippen LogP contribution in [0.25, 0.3) is 0 Å². The summed E-state index contributed by atoms with van der Waals surface area (Å²) in [7, 11) is 3.60. The van der Waals surface area contributed by atoms with E-state index in [2.05, 4.69) is 5.32 Å². The lowest BCUT2D eigenvalue weighted by Crippen LogP contribution is -2.26. The third-order valence-corrected chi connectivity index (χ3v) is 2.05. The van der Waals surface area contributed by atoms with Crippen LogP contribution in [0.1, 0.15) is 18.5 Å². The fourth-order valence-electron chi connectivity index (χ4n) is 1.10. The van der Waals surface area contributed by atoms with Crippen LogP contribution in [0.4, 0.5) is 0 Å². The van der Waals surface area contributed by atoms with E-state index in [0.29, 0.717) is 0 Å². The van der Waals surface area contributed by atoms with Crippen LogP contribution < -0.4 is 10.9 Å². The minimum absolute atomic E-state index is 0.0688. The first kappa shape index (κ1) is 9.00. The summed E-state index contributed by atoms with van der Waals surface area (Å²) < 4.78 is 1.59. The molecular weight excluding hydrogens is 152 g/mol. The topological polar surface area (TPSA) is 34.0 Å². The Bertz CT molecular complexity index is 317. The summed E-state index contributed by atoms with van der Waals surface area (Å²) in [4.78, 5) is 11.5. The lowest BCUT2D eigenvalue weighted by molar-refractivity contribution is 0.634. The first-order valence-electron chi connectivity index (χ1n) is 3.99. The Labute approximate surface area is 72.0 Å². The highest BCUT2D eigenvalue weighted by Crippen LogP contribution is 2.04. The summed E-state index contributed by atoms with van der Waals surface area (Å²) in [5.41, 5.74) is 0.877. The monoisotopic (exact) mass is 166 g/mol. The zero-order chi connectivity index (χ0) is 9.14. The lowest BCUT2D eigenvalue weighted by Gasteiger charge is -2.09. The van der Waals surface area contributed by atoms with Crippen LogP contribution in [-0.2, 0) is 7.05 Å². The van der Waals surface area contributed by atoms with Crippen molar-refractivity contribution in [2.75, 3.05) is 7.05 Å². The van der Waals surface area contributed by atoms with Gasteiger partial charge in [-0.1, -0.05) is 6.07 Å². The average molecular weight is 166 g/mol. The van der Waals surface area contributed by atoms with Crippen molar-refractivity contribution < 1.29 is 0 Å². The molecule has 0 spiro atoms. The molecule has 1 N–H and O–H groups in total. The molecule has 3 nitrogen and oxygen atoms in total. The Hall–Kier alpha value is -1.09. The fraction of sp³-hybridized carbons (Fsp3) is 0.444. The van der Waals surface area contributed by atoms with Crippen molar-refractivity contribution in [3.8, 4) is 0 Å². The van der Waals surface area contributed by atoms with E-state index in [9.17, 15) is 4.79 Å². The minimum atomic E-state index is 0.0688. The molecule has 1 heterocycles. The highest BCUT2D eigenvalue weighted by molar-refractivity contribution is 5.13. The number of pyridine rings is 1. The second-order valence-electron chi connectivity index (χ2n) is 2.89. The first-order chi connectivity index (χ1) is 5.66. The molecule has 66 valence electrons. The maximum atomic E-state index is 11.5. The highest BCUT2D eigenvalue weighted by atomic mass is 16.1. The second kappa shape index (κ2) is 3.54. The molecule has 1 aromatic rings. The quantitative estimate of drug-likeness (QED) is 0.700. The fourth-order valence-corrected chi connectivity index (χ4v) is 1.10. The van der Waals surface area contributed by atoms with Crippen molar-refractivity contribution in [2.24, 2.45) is 7.05 Å². The van der Waals surface area contributed by atoms with Crippen molar-refractivity contribution in [1.82, 2.24) is 9.88 Å². The van der Waals surface area contributed by atoms with Crippen LogP contribution >= 0.6 is 0 Å². The summed E-state index contributed by atoms with van der Waals surface area (Å²) >= 11 is 0. The molecule has 0 aliphatic heterocycles. The van der Waals surface area contributed by atoms with Gasteiger partial charge < -0.3 is 9.88 Å². The maximum Gasteiger partial charge on any atom is 0.255 e. The molecule has 0 radical (unpaired) electrons. The molecule has 1 unspecified atom stereocenters. The van der Waals surface area contributed by atoms with E-state index in [1.807, 2.05) is 26.1 Å². The van der Waals surface area contributed by atoms with E-state index in [1.54, 1.807) is 17.8 Å². The molecule has 1 atom stereocenters. The van der Waals surface area contributed by atoms with E-state index in [0.717, 1.165) is 5.56 Å². The lowest BCUT2D eigenvalue weighted by atomic mass is 10.1. The largest absolute Gasteiger partial charge is 0.318 e. The number of nitrogens with zero attached hydrogens (tertiary/aromatic N) is 1. The van der Waals surface area contributed by atoms with Gasteiger partial charge in [0.05, 0.1) is 0 Å². The van der Waals surface area contributed by atoms with Crippen LogP contribution in [0.5, 0.6) is 0 Å². The van der Waals surface area contributed by atoms with Crippen molar-refractivity contribution in [2.45, 2.75) is 13.0 Å². The molecule has 0 saturated carbocycles. The van der Waals surface area contributed by atoms with Gasteiger partial charge in [-0.25, -0.2) is 0 Å². The number of aromatic nitrogens is 1. The zero-order valence-corrected chi connectivity index (χ0v) is 7.66. The Kier molecular flexibility index (Phi) is 2.65. The standard InChI is InChI=1S/C9H14N2O/c1-7(10-2)8-5-4-6-11(3)9(8)12/h4-7,10H,1-3H3. The molecule has 0 aliphatic rings. The number of nitrogens with one attached hydrogen (secondary N) is 1. The normalized spacial score (nSPS) is 12.9. The molecule has 1 aromatic heterocycles. The Balaban J connectivity index is 3.17. The molecule has 0 saturated heterocycles. The third-order valence-electron chi connectivity index (χ3n) is 2.05. The SMILES string of the molecule is CNC(C)c1cccn(C)c1=O. The Morgan fingerprint density at radius 1 is 1.58 bits per heavy atom. The van der Waals surface area contributed by atoms with Crippen LogP contribution in [0.15, 0.2) is 23.1 Å². The van der Waals surface area contributed by atoms with Gasteiger partial charge >= 0.3 is 0 Å². The average Bonchev–Trinajstić information content (AvgIpc) is 2.08. The smallest absolute Gasteiger partial charge is 0.255 e. The molecule has 3 heteroatoms. The van der Waals surface area contributed by atoms with Crippen molar-refractivity contribution >= 4 is 0 Å². The third kappa shape index (κ3) is 1.56.